The average molecular weight is 350 g/mol. The summed E-state index contributed by atoms with van der Waals surface area (Å²) < 4.78 is 0. The molecule has 1 aliphatic heterocycles. The van der Waals surface area contributed by atoms with Crippen molar-refractivity contribution in [2.24, 2.45) is 10.9 Å². The first-order valence-electron chi connectivity index (χ1n) is 8.12. The van der Waals surface area contributed by atoms with Crippen molar-refractivity contribution in [3.05, 3.63) is 45.5 Å². The maximum atomic E-state index is 11.3. The van der Waals surface area contributed by atoms with E-state index in [9.17, 15) is 9.90 Å². The molecule has 1 aromatic carbocycles. The monoisotopic (exact) mass is 350 g/mol. The molecular formula is C18H14N4O2S. The van der Waals surface area contributed by atoms with E-state index in [1.165, 1.54) is 5.56 Å². The number of nitrogens with zero attached hydrogens (tertiary/aromatic N) is 3. The number of benzene rings is 1. The first-order valence-corrected chi connectivity index (χ1v) is 8.94. The van der Waals surface area contributed by atoms with Gasteiger partial charge in [0.05, 0.1) is 16.7 Å². The van der Waals surface area contributed by atoms with Gasteiger partial charge in [-0.25, -0.2) is 9.97 Å². The Balaban J connectivity index is 1.57. The molecule has 7 heteroatoms. The van der Waals surface area contributed by atoms with Crippen molar-refractivity contribution in [3.8, 4) is 0 Å². The molecule has 1 unspecified atom stereocenters. The highest BCUT2D eigenvalue weighted by molar-refractivity contribution is 7.19. The molecule has 0 bridgehead atoms. The van der Waals surface area contributed by atoms with Crippen molar-refractivity contribution in [3.63, 3.8) is 0 Å². The highest BCUT2D eigenvalue weighted by Gasteiger charge is 2.28. The summed E-state index contributed by atoms with van der Waals surface area (Å²) in [5, 5.41) is 15.8. The van der Waals surface area contributed by atoms with E-state index in [0.717, 1.165) is 43.6 Å². The SMILES string of the molecule is O=C(O)C1CCc2c(sc3ncnc(Nc4ccc5c(c4)=CN=5)c23)C1. The Kier molecular flexibility index (Phi) is 3.11. The number of carboxylic acid groups (broad SMARTS) is 1. The molecule has 2 aromatic heterocycles. The van der Waals surface area contributed by atoms with Crippen LogP contribution >= 0.6 is 11.3 Å². The van der Waals surface area contributed by atoms with Crippen molar-refractivity contribution >= 4 is 45.2 Å². The lowest BCUT2D eigenvalue weighted by molar-refractivity contribution is -0.142. The molecule has 6 nitrogen and oxygen atoms in total. The summed E-state index contributed by atoms with van der Waals surface area (Å²) in [7, 11) is 0. The van der Waals surface area contributed by atoms with Crippen LogP contribution < -0.4 is 15.9 Å². The Labute approximate surface area is 146 Å². The van der Waals surface area contributed by atoms with Crippen LogP contribution in [0.25, 0.3) is 16.4 Å². The Morgan fingerprint density at radius 2 is 2.24 bits per heavy atom. The minimum atomic E-state index is -0.712. The predicted molar refractivity (Wildman–Crippen MR) is 95.5 cm³/mol. The first-order chi connectivity index (χ1) is 12.2. The predicted octanol–water partition coefficient (Wildman–Crippen LogP) is 2.00. The van der Waals surface area contributed by atoms with E-state index in [4.69, 9.17) is 0 Å². The van der Waals surface area contributed by atoms with Gasteiger partial charge in [-0.3, -0.25) is 9.79 Å². The minimum Gasteiger partial charge on any atom is -0.481 e. The van der Waals surface area contributed by atoms with Crippen LogP contribution in [0.2, 0.25) is 0 Å². The lowest BCUT2D eigenvalue weighted by atomic mass is 9.88. The summed E-state index contributed by atoms with van der Waals surface area (Å²) in [5.74, 6) is -0.221. The second-order valence-corrected chi connectivity index (χ2v) is 7.42. The zero-order chi connectivity index (χ0) is 17.0. The number of hydrogen-bond donors (Lipinski definition) is 2. The van der Waals surface area contributed by atoms with Crippen LogP contribution in [0, 0.1) is 5.92 Å². The Bertz CT molecular complexity index is 1150. The number of anilines is 2. The van der Waals surface area contributed by atoms with E-state index < -0.39 is 5.97 Å². The van der Waals surface area contributed by atoms with Gasteiger partial charge in [-0.1, -0.05) is 0 Å². The van der Waals surface area contributed by atoms with Gasteiger partial charge in [0.25, 0.3) is 0 Å². The topological polar surface area (TPSA) is 87.5 Å². The highest BCUT2D eigenvalue weighted by Crippen LogP contribution is 2.40. The van der Waals surface area contributed by atoms with Crippen LogP contribution in [-0.2, 0) is 17.6 Å². The number of aliphatic carboxylic acids is 1. The lowest BCUT2D eigenvalue weighted by Gasteiger charge is -2.18. The molecule has 124 valence electrons. The van der Waals surface area contributed by atoms with Gasteiger partial charge < -0.3 is 10.4 Å². The molecule has 3 heterocycles. The molecule has 2 aliphatic rings. The van der Waals surface area contributed by atoms with Crippen LogP contribution in [0.5, 0.6) is 0 Å². The number of aryl methyl sites for hydroxylation is 1. The average Bonchev–Trinajstić information content (AvgIpc) is 2.96. The molecule has 0 fully saturated rings. The van der Waals surface area contributed by atoms with Gasteiger partial charge in [-0.15, -0.1) is 11.3 Å². The van der Waals surface area contributed by atoms with E-state index in [-0.39, 0.29) is 5.92 Å². The van der Waals surface area contributed by atoms with Crippen molar-refractivity contribution < 1.29 is 9.90 Å². The maximum absolute atomic E-state index is 11.3. The molecule has 1 aliphatic carbocycles. The molecule has 25 heavy (non-hydrogen) atoms. The van der Waals surface area contributed by atoms with E-state index in [1.807, 2.05) is 18.3 Å². The number of carboxylic acids is 1. The molecule has 5 rings (SSSR count). The molecule has 2 N–H and O–H groups in total. The number of nitrogens with one attached hydrogen (secondary N) is 1. The second kappa shape index (κ2) is 5.35. The van der Waals surface area contributed by atoms with Crippen molar-refractivity contribution in [2.75, 3.05) is 5.32 Å². The highest BCUT2D eigenvalue weighted by atomic mass is 32.1. The zero-order valence-electron chi connectivity index (χ0n) is 13.2. The van der Waals surface area contributed by atoms with Crippen LogP contribution in [-0.4, -0.2) is 21.0 Å². The van der Waals surface area contributed by atoms with Gasteiger partial charge in [-0.2, -0.15) is 0 Å². The molecule has 0 amide bonds. The third-order valence-corrected chi connectivity index (χ3v) is 5.99. The maximum Gasteiger partial charge on any atom is 0.306 e. The van der Waals surface area contributed by atoms with Gasteiger partial charge in [0.2, 0.25) is 0 Å². The number of thiophene rings is 1. The fourth-order valence-corrected chi connectivity index (χ4v) is 4.75. The summed E-state index contributed by atoms with van der Waals surface area (Å²) in [6.07, 6.45) is 5.40. The molecule has 0 spiro atoms. The van der Waals surface area contributed by atoms with Gasteiger partial charge >= 0.3 is 5.97 Å². The zero-order valence-corrected chi connectivity index (χ0v) is 14.0. The van der Waals surface area contributed by atoms with Crippen molar-refractivity contribution in [1.29, 1.82) is 0 Å². The fraction of sp³-hybridized carbons (Fsp3) is 0.222. The van der Waals surface area contributed by atoms with E-state index in [1.54, 1.807) is 17.7 Å². The number of carbonyl (C=O) groups is 1. The molecule has 0 radical (unpaired) electrons. The van der Waals surface area contributed by atoms with Gasteiger partial charge in [-0.05, 0) is 43.0 Å². The summed E-state index contributed by atoms with van der Waals surface area (Å²) in [6, 6.07) is 6.02. The molecule has 0 saturated heterocycles. The quantitative estimate of drug-likeness (QED) is 0.754. The van der Waals surface area contributed by atoms with Crippen LogP contribution in [0.4, 0.5) is 11.5 Å². The molecule has 1 atom stereocenters. The lowest BCUT2D eigenvalue weighted by Crippen LogP contribution is -2.30. The smallest absolute Gasteiger partial charge is 0.306 e. The Morgan fingerprint density at radius 1 is 1.32 bits per heavy atom. The number of fused-ring (bicyclic) bond motifs is 4. The van der Waals surface area contributed by atoms with Crippen molar-refractivity contribution in [1.82, 2.24) is 9.97 Å². The molecule has 0 saturated carbocycles. The molecule has 3 aromatic rings. The summed E-state index contributed by atoms with van der Waals surface area (Å²) in [5.41, 5.74) is 2.16. The summed E-state index contributed by atoms with van der Waals surface area (Å²) in [4.78, 5) is 26.4. The van der Waals surface area contributed by atoms with E-state index >= 15 is 0 Å². The first kappa shape index (κ1) is 14.5. The van der Waals surface area contributed by atoms with Gasteiger partial charge in [0, 0.05) is 22.0 Å². The Hall–Kier alpha value is -2.80. The fourth-order valence-electron chi connectivity index (χ4n) is 3.48. The Morgan fingerprint density at radius 3 is 3.00 bits per heavy atom. The van der Waals surface area contributed by atoms with Crippen LogP contribution in [0.3, 0.4) is 0 Å². The second-order valence-electron chi connectivity index (χ2n) is 6.34. The number of rotatable bonds is 3. The van der Waals surface area contributed by atoms with Crippen LogP contribution in [0.15, 0.2) is 29.5 Å². The molecular weight excluding hydrogens is 336 g/mol. The largest absolute Gasteiger partial charge is 0.481 e. The van der Waals surface area contributed by atoms with Crippen molar-refractivity contribution in [2.45, 2.75) is 19.3 Å². The summed E-state index contributed by atoms with van der Waals surface area (Å²) in [6.45, 7) is 0. The third-order valence-electron chi connectivity index (χ3n) is 4.83. The van der Waals surface area contributed by atoms with Crippen LogP contribution in [0.1, 0.15) is 16.9 Å². The van der Waals surface area contributed by atoms with E-state index in [2.05, 4.69) is 26.3 Å². The number of hydrogen-bond acceptors (Lipinski definition) is 6. The summed E-state index contributed by atoms with van der Waals surface area (Å²) >= 11 is 1.59. The third kappa shape index (κ3) is 2.31. The normalized spacial score (nSPS) is 17.7. The van der Waals surface area contributed by atoms with E-state index in [0.29, 0.717) is 12.8 Å². The number of aromatic nitrogens is 2. The van der Waals surface area contributed by atoms with Gasteiger partial charge in [0.15, 0.2) is 0 Å². The van der Waals surface area contributed by atoms with Gasteiger partial charge in [0.1, 0.15) is 17.0 Å². The minimum absolute atomic E-state index is 0.294. The standard InChI is InChI=1S/C18H14N4O2S/c23-18(24)9-1-3-12-14(6-9)25-17-15(12)16(20-8-21-17)22-11-2-4-13-10(5-11)7-19-13/h2,4-5,7-9H,1,3,6H2,(H,23,24)(H,20,21,22).